The van der Waals surface area contributed by atoms with Crippen LogP contribution >= 0.6 is 0 Å². The largest absolute Gasteiger partial charge is 0.342 e. The molecule has 0 radical (unpaired) electrons. The first-order valence-corrected chi connectivity index (χ1v) is 8.66. The minimum atomic E-state index is -0.379. The first-order chi connectivity index (χ1) is 12.6. The van der Waals surface area contributed by atoms with Crippen LogP contribution in [-0.4, -0.2) is 19.9 Å². The summed E-state index contributed by atoms with van der Waals surface area (Å²) in [7, 11) is 0. The summed E-state index contributed by atoms with van der Waals surface area (Å²) in [5, 5.41) is 0. The topological polar surface area (TPSA) is 54.8 Å². The molecular weight excluding hydrogens is 329 g/mol. The summed E-state index contributed by atoms with van der Waals surface area (Å²) >= 11 is 0. The third-order valence-electron chi connectivity index (χ3n) is 4.08. The van der Waals surface area contributed by atoms with Gasteiger partial charge >= 0.3 is 0 Å². The Labute approximate surface area is 153 Å². The lowest BCUT2D eigenvalue weighted by Crippen LogP contribution is -2.26. The van der Waals surface area contributed by atoms with Gasteiger partial charge in [0.05, 0.1) is 30.2 Å². The molecule has 134 valence electrons. The maximum Gasteiger partial charge on any atom is 0.187 e. The van der Waals surface area contributed by atoms with Crippen LogP contribution in [0.5, 0.6) is 0 Å². The summed E-state index contributed by atoms with van der Waals surface area (Å²) < 4.78 is 14.9. The number of aromatic nitrogens is 4. The van der Waals surface area contributed by atoms with Crippen molar-refractivity contribution in [3.05, 3.63) is 77.0 Å². The Morgan fingerprint density at radius 1 is 0.885 bits per heavy atom. The fourth-order valence-corrected chi connectivity index (χ4v) is 2.83. The molecule has 0 saturated carbocycles. The second-order valence-electron chi connectivity index (χ2n) is 6.21. The van der Waals surface area contributed by atoms with Gasteiger partial charge in [0.25, 0.3) is 0 Å². The van der Waals surface area contributed by atoms with Crippen LogP contribution in [-0.2, 0) is 19.5 Å². The van der Waals surface area contributed by atoms with Gasteiger partial charge in [0.15, 0.2) is 11.6 Å². The van der Waals surface area contributed by atoms with Crippen molar-refractivity contribution in [1.82, 2.24) is 19.9 Å². The fourth-order valence-electron chi connectivity index (χ4n) is 2.83. The van der Waals surface area contributed by atoms with Crippen molar-refractivity contribution < 1.29 is 4.39 Å². The second-order valence-corrected chi connectivity index (χ2v) is 6.21. The average Bonchev–Trinajstić information content (AvgIpc) is 2.61. The number of pyridine rings is 2. The summed E-state index contributed by atoms with van der Waals surface area (Å²) in [5.74, 6) is -0.0984. The van der Waals surface area contributed by atoms with Gasteiger partial charge in [0, 0.05) is 11.4 Å². The molecule has 3 aromatic rings. The lowest BCUT2D eigenvalue weighted by molar-refractivity contribution is 0.579. The van der Waals surface area contributed by atoms with Gasteiger partial charge < -0.3 is 4.90 Å². The van der Waals surface area contributed by atoms with Gasteiger partial charge in [-0.2, -0.15) is 0 Å². The molecule has 0 bridgehead atoms. The second kappa shape index (κ2) is 7.99. The molecule has 26 heavy (non-hydrogen) atoms. The van der Waals surface area contributed by atoms with E-state index >= 15 is 0 Å². The highest BCUT2D eigenvalue weighted by Gasteiger charge is 2.18. The predicted molar refractivity (Wildman–Crippen MR) is 99.2 cm³/mol. The molecule has 0 amide bonds. The Kier molecular flexibility index (Phi) is 5.51. The molecule has 3 aromatic heterocycles. The molecule has 0 spiro atoms. The molecule has 0 fully saturated rings. The molecule has 5 nitrogen and oxygen atoms in total. The monoisotopic (exact) mass is 351 g/mol. The van der Waals surface area contributed by atoms with Crippen LogP contribution in [0.15, 0.2) is 42.7 Å². The standard InChI is InChI=1S/C20H22FN5/c1-4-18-19(21)20(23-13-22-18)26(11-16-9-5-7-14(2)24-16)12-17-10-6-8-15(3)25-17/h5-10,13H,4,11-12H2,1-3H3. The van der Waals surface area contributed by atoms with Crippen molar-refractivity contribution >= 4 is 5.82 Å². The lowest BCUT2D eigenvalue weighted by atomic mass is 10.2. The summed E-state index contributed by atoms with van der Waals surface area (Å²) in [4.78, 5) is 19.2. The Morgan fingerprint density at radius 3 is 1.96 bits per heavy atom. The molecule has 0 saturated heterocycles. The first kappa shape index (κ1) is 17.9. The predicted octanol–water partition coefficient (Wildman–Crippen LogP) is 3.79. The van der Waals surface area contributed by atoms with Crippen LogP contribution in [0, 0.1) is 19.7 Å². The highest BCUT2D eigenvalue weighted by Crippen LogP contribution is 2.22. The van der Waals surface area contributed by atoms with Gasteiger partial charge in [0.2, 0.25) is 0 Å². The number of halogens is 1. The molecule has 0 aliphatic rings. The minimum Gasteiger partial charge on any atom is -0.342 e. The quantitative estimate of drug-likeness (QED) is 0.676. The van der Waals surface area contributed by atoms with E-state index in [0.29, 0.717) is 25.2 Å². The Hall–Kier alpha value is -2.89. The summed E-state index contributed by atoms with van der Waals surface area (Å²) in [5.41, 5.74) is 3.97. The van der Waals surface area contributed by atoms with E-state index in [4.69, 9.17) is 0 Å². The van der Waals surface area contributed by atoms with E-state index in [1.54, 1.807) is 0 Å². The molecule has 0 unspecified atom stereocenters. The third kappa shape index (κ3) is 4.20. The Balaban J connectivity index is 1.98. The van der Waals surface area contributed by atoms with E-state index in [1.165, 1.54) is 6.33 Å². The van der Waals surface area contributed by atoms with Gasteiger partial charge in [-0.3, -0.25) is 9.97 Å². The number of rotatable bonds is 6. The molecule has 6 heteroatoms. The van der Waals surface area contributed by atoms with Crippen LogP contribution < -0.4 is 4.90 Å². The average molecular weight is 351 g/mol. The normalized spacial score (nSPS) is 10.8. The molecule has 0 aromatic carbocycles. The summed E-state index contributed by atoms with van der Waals surface area (Å²) in [6, 6.07) is 11.7. The van der Waals surface area contributed by atoms with Crippen molar-refractivity contribution in [3.8, 4) is 0 Å². The van der Waals surface area contributed by atoms with E-state index in [0.717, 1.165) is 22.8 Å². The molecular formula is C20H22FN5. The first-order valence-electron chi connectivity index (χ1n) is 8.66. The maximum atomic E-state index is 14.9. The molecule has 3 rings (SSSR count). The van der Waals surface area contributed by atoms with Crippen LogP contribution in [0.1, 0.15) is 35.4 Å². The van der Waals surface area contributed by atoms with E-state index in [-0.39, 0.29) is 11.6 Å². The highest BCUT2D eigenvalue weighted by atomic mass is 19.1. The van der Waals surface area contributed by atoms with Crippen molar-refractivity contribution in [1.29, 1.82) is 0 Å². The maximum absolute atomic E-state index is 14.9. The van der Waals surface area contributed by atoms with Gasteiger partial charge in [-0.15, -0.1) is 0 Å². The zero-order valence-corrected chi connectivity index (χ0v) is 15.3. The zero-order valence-electron chi connectivity index (χ0n) is 15.3. The van der Waals surface area contributed by atoms with Crippen LogP contribution in [0.25, 0.3) is 0 Å². The van der Waals surface area contributed by atoms with E-state index in [9.17, 15) is 4.39 Å². The van der Waals surface area contributed by atoms with Gasteiger partial charge in [0.1, 0.15) is 6.33 Å². The van der Waals surface area contributed by atoms with Crippen LogP contribution in [0.4, 0.5) is 10.2 Å². The van der Waals surface area contributed by atoms with E-state index in [2.05, 4.69) is 19.9 Å². The van der Waals surface area contributed by atoms with Crippen molar-refractivity contribution in [2.45, 2.75) is 40.3 Å². The van der Waals surface area contributed by atoms with E-state index in [1.807, 2.05) is 62.1 Å². The molecule has 0 aliphatic carbocycles. The third-order valence-corrected chi connectivity index (χ3v) is 4.08. The fraction of sp³-hybridized carbons (Fsp3) is 0.300. The number of aryl methyl sites for hydroxylation is 3. The molecule has 0 atom stereocenters. The van der Waals surface area contributed by atoms with Gasteiger partial charge in [-0.05, 0) is 44.5 Å². The number of hydrogen-bond acceptors (Lipinski definition) is 5. The highest BCUT2D eigenvalue weighted by molar-refractivity contribution is 5.42. The van der Waals surface area contributed by atoms with Gasteiger partial charge in [-0.1, -0.05) is 19.1 Å². The minimum absolute atomic E-state index is 0.281. The Bertz CT molecular complexity index is 849. The zero-order chi connectivity index (χ0) is 18.5. The molecule has 0 aliphatic heterocycles. The van der Waals surface area contributed by atoms with Crippen LogP contribution in [0.2, 0.25) is 0 Å². The SMILES string of the molecule is CCc1ncnc(N(Cc2cccc(C)n2)Cc2cccc(C)n2)c1F. The van der Waals surface area contributed by atoms with Gasteiger partial charge in [-0.25, -0.2) is 14.4 Å². The van der Waals surface area contributed by atoms with Crippen molar-refractivity contribution in [2.75, 3.05) is 4.90 Å². The lowest BCUT2D eigenvalue weighted by Gasteiger charge is -2.24. The summed E-state index contributed by atoms with van der Waals surface area (Å²) in [6.45, 7) is 6.64. The van der Waals surface area contributed by atoms with E-state index < -0.39 is 0 Å². The molecule has 0 N–H and O–H groups in total. The smallest absolute Gasteiger partial charge is 0.187 e. The Morgan fingerprint density at radius 2 is 1.46 bits per heavy atom. The molecule has 3 heterocycles. The number of anilines is 1. The van der Waals surface area contributed by atoms with Crippen molar-refractivity contribution in [3.63, 3.8) is 0 Å². The summed E-state index contributed by atoms with van der Waals surface area (Å²) in [6.07, 6.45) is 1.93. The van der Waals surface area contributed by atoms with Crippen LogP contribution in [0.3, 0.4) is 0 Å². The number of hydrogen-bond donors (Lipinski definition) is 0. The number of nitrogens with zero attached hydrogens (tertiary/aromatic N) is 5. The van der Waals surface area contributed by atoms with Crippen molar-refractivity contribution in [2.24, 2.45) is 0 Å².